The molecule has 0 saturated heterocycles. The zero-order valence-corrected chi connectivity index (χ0v) is 19.4. The zero-order valence-electron chi connectivity index (χ0n) is 17.9. The van der Waals surface area contributed by atoms with Crippen LogP contribution >= 0.6 is 23.2 Å². The number of rotatable bonds is 7. The Morgan fingerprint density at radius 2 is 1.90 bits per heavy atom. The number of amides is 1. The van der Waals surface area contributed by atoms with Gasteiger partial charge in [0, 0.05) is 19.5 Å². The lowest BCUT2D eigenvalue weighted by Gasteiger charge is -2.26. The van der Waals surface area contributed by atoms with Crippen molar-refractivity contribution in [2.75, 3.05) is 27.2 Å². The van der Waals surface area contributed by atoms with Crippen LogP contribution in [-0.2, 0) is 0 Å². The van der Waals surface area contributed by atoms with Crippen LogP contribution in [0.15, 0.2) is 48.5 Å². The molecule has 0 aliphatic rings. The largest absolute Gasteiger partial charge is 0.341 e. The lowest BCUT2D eigenvalue weighted by Crippen LogP contribution is -2.32. The minimum absolute atomic E-state index is 0.0851. The van der Waals surface area contributed by atoms with Gasteiger partial charge in [-0.3, -0.25) is 4.79 Å². The summed E-state index contributed by atoms with van der Waals surface area (Å²) >= 11 is 12.3. The maximum absolute atomic E-state index is 13.6. The van der Waals surface area contributed by atoms with E-state index in [2.05, 4.69) is 11.4 Å². The second kappa shape index (κ2) is 10.2. The number of hydrogen-bond acceptors (Lipinski definition) is 3. The highest BCUT2D eigenvalue weighted by Crippen LogP contribution is 2.30. The average Bonchev–Trinajstić information content (AvgIpc) is 2.77. The zero-order chi connectivity index (χ0) is 22.5. The lowest BCUT2D eigenvalue weighted by atomic mass is 9.92. The van der Waals surface area contributed by atoms with Gasteiger partial charge in [0.1, 0.15) is 0 Å². The predicted octanol–water partition coefficient (Wildman–Crippen LogP) is 5.79. The van der Waals surface area contributed by atoms with E-state index in [-0.39, 0.29) is 11.8 Å². The molecule has 0 spiro atoms. The van der Waals surface area contributed by atoms with Crippen molar-refractivity contribution < 1.29 is 4.79 Å². The number of nitriles is 1. The summed E-state index contributed by atoms with van der Waals surface area (Å²) in [6, 6.07) is 17.4. The molecule has 0 aromatic heterocycles. The van der Waals surface area contributed by atoms with Crippen LogP contribution in [-0.4, -0.2) is 38.0 Å². The van der Waals surface area contributed by atoms with E-state index in [4.69, 9.17) is 23.2 Å². The molecule has 1 amide bonds. The highest BCUT2D eigenvalue weighted by molar-refractivity contribution is 6.42. The highest BCUT2D eigenvalue weighted by atomic mass is 35.5. The molecule has 1 N–H and O–H groups in total. The molecule has 3 rings (SSSR count). The summed E-state index contributed by atoms with van der Waals surface area (Å²) in [5.74, 6) is -0.0118. The van der Waals surface area contributed by atoms with Gasteiger partial charge in [-0.05, 0) is 67.0 Å². The van der Waals surface area contributed by atoms with E-state index in [0.29, 0.717) is 33.3 Å². The first-order valence-electron chi connectivity index (χ1n) is 10.1. The molecule has 6 heteroatoms. The molecule has 0 aliphatic carbocycles. The molecule has 0 fully saturated rings. The van der Waals surface area contributed by atoms with E-state index in [1.54, 1.807) is 18.0 Å². The van der Waals surface area contributed by atoms with Gasteiger partial charge in [0.05, 0.1) is 27.2 Å². The van der Waals surface area contributed by atoms with Crippen molar-refractivity contribution in [3.05, 3.63) is 80.8 Å². The molecule has 0 aliphatic heterocycles. The Kier molecular flexibility index (Phi) is 7.56. The quantitative estimate of drug-likeness (QED) is 0.492. The molecule has 3 aromatic carbocycles. The number of nitrogens with zero attached hydrogens (tertiary/aromatic N) is 2. The van der Waals surface area contributed by atoms with Gasteiger partial charge in [-0.15, -0.1) is 0 Å². The van der Waals surface area contributed by atoms with Crippen LogP contribution in [0.25, 0.3) is 10.8 Å². The first-order valence-corrected chi connectivity index (χ1v) is 10.9. The third kappa shape index (κ3) is 5.02. The number of halogens is 2. The minimum atomic E-state index is -0.0969. The van der Waals surface area contributed by atoms with Crippen molar-refractivity contribution in [1.82, 2.24) is 10.2 Å². The van der Waals surface area contributed by atoms with Gasteiger partial charge in [0.2, 0.25) is 0 Å². The first-order chi connectivity index (χ1) is 14.9. The summed E-state index contributed by atoms with van der Waals surface area (Å²) in [5, 5.41) is 15.5. The maximum Gasteiger partial charge on any atom is 0.254 e. The van der Waals surface area contributed by atoms with Gasteiger partial charge in [0.25, 0.3) is 5.91 Å². The Bertz CT molecular complexity index is 1150. The fraction of sp³-hybridized carbons (Fsp3) is 0.280. The van der Waals surface area contributed by atoms with Crippen molar-refractivity contribution in [2.45, 2.75) is 19.3 Å². The number of nitrogens with one attached hydrogen (secondary N) is 1. The van der Waals surface area contributed by atoms with E-state index in [1.807, 2.05) is 56.4 Å². The molecular formula is C25H25Cl2N3O. The van der Waals surface area contributed by atoms with Crippen molar-refractivity contribution in [3.63, 3.8) is 0 Å². The summed E-state index contributed by atoms with van der Waals surface area (Å²) in [6.45, 7) is 3.16. The molecular weight excluding hydrogens is 429 g/mol. The second-order valence-corrected chi connectivity index (χ2v) is 8.52. The molecule has 3 aromatic rings. The summed E-state index contributed by atoms with van der Waals surface area (Å²) in [4.78, 5) is 15.3. The number of benzene rings is 3. The van der Waals surface area contributed by atoms with E-state index in [1.165, 1.54) is 0 Å². The van der Waals surface area contributed by atoms with Gasteiger partial charge in [-0.2, -0.15) is 5.26 Å². The molecule has 160 valence electrons. The molecule has 0 heterocycles. The van der Waals surface area contributed by atoms with Crippen LogP contribution in [0.5, 0.6) is 0 Å². The van der Waals surface area contributed by atoms with Crippen LogP contribution in [0.4, 0.5) is 0 Å². The second-order valence-electron chi connectivity index (χ2n) is 7.71. The van der Waals surface area contributed by atoms with Crippen LogP contribution in [0.3, 0.4) is 0 Å². The molecule has 0 saturated carbocycles. The third-order valence-electron chi connectivity index (χ3n) is 5.64. The monoisotopic (exact) mass is 453 g/mol. The topological polar surface area (TPSA) is 56.1 Å². The summed E-state index contributed by atoms with van der Waals surface area (Å²) < 4.78 is 0. The Morgan fingerprint density at radius 1 is 1.16 bits per heavy atom. The molecule has 0 radical (unpaired) electrons. The Morgan fingerprint density at radius 3 is 2.58 bits per heavy atom. The standard InChI is InChI=1S/C25H25Cl2N3O/c1-16-20(14-28)12-18-6-4-5-7-21(18)24(16)25(31)30(3)15-19(10-11-29-2)17-8-9-22(26)23(27)13-17/h4-9,12-13,19,29H,10-11,15H2,1-3H3. The van der Waals surface area contributed by atoms with E-state index in [0.717, 1.165) is 29.3 Å². The Balaban J connectivity index is 1.97. The van der Waals surface area contributed by atoms with Crippen LogP contribution in [0.1, 0.15) is 39.4 Å². The number of likely N-dealkylation sites (N-methyl/N-ethyl adjacent to an activating group) is 1. The van der Waals surface area contributed by atoms with E-state index < -0.39 is 0 Å². The van der Waals surface area contributed by atoms with Crippen molar-refractivity contribution >= 4 is 39.9 Å². The Hall–Kier alpha value is -2.58. The summed E-state index contributed by atoms with van der Waals surface area (Å²) in [6.07, 6.45) is 0.837. The SMILES string of the molecule is CNCCC(CN(C)C(=O)c1c(C)c(C#N)cc2ccccc12)c1ccc(Cl)c(Cl)c1. The predicted molar refractivity (Wildman–Crippen MR) is 128 cm³/mol. The number of hydrogen-bond donors (Lipinski definition) is 1. The lowest BCUT2D eigenvalue weighted by molar-refractivity contribution is 0.0786. The molecule has 4 nitrogen and oxygen atoms in total. The van der Waals surface area contributed by atoms with Crippen molar-refractivity contribution in [1.29, 1.82) is 5.26 Å². The van der Waals surface area contributed by atoms with Gasteiger partial charge in [0.15, 0.2) is 0 Å². The molecule has 31 heavy (non-hydrogen) atoms. The van der Waals surface area contributed by atoms with Crippen LogP contribution in [0.2, 0.25) is 10.0 Å². The number of carbonyl (C=O) groups excluding carboxylic acids is 1. The highest BCUT2D eigenvalue weighted by Gasteiger charge is 2.23. The van der Waals surface area contributed by atoms with Crippen LogP contribution in [0, 0.1) is 18.3 Å². The first kappa shape index (κ1) is 23.1. The van der Waals surface area contributed by atoms with E-state index in [9.17, 15) is 10.1 Å². The third-order valence-corrected chi connectivity index (χ3v) is 6.38. The summed E-state index contributed by atoms with van der Waals surface area (Å²) in [5.41, 5.74) is 2.85. The van der Waals surface area contributed by atoms with E-state index >= 15 is 0 Å². The summed E-state index contributed by atoms with van der Waals surface area (Å²) in [7, 11) is 3.71. The van der Waals surface area contributed by atoms with Crippen LogP contribution < -0.4 is 5.32 Å². The van der Waals surface area contributed by atoms with Gasteiger partial charge >= 0.3 is 0 Å². The molecule has 1 unspecified atom stereocenters. The fourth-order valence-corrected chi connectivity index (χ4v) is 4.20. The Labute approximate surface area is 193 Å². The number of fused-ring (bicyclic) bond motifs is 1. The molecule has 1 atom stereocenters. The van der Waals surface area contributed by atoms with Gasteiger partial charge in [-0.1, -0.05) is 53.5 Å². The maximum atomic E-state index is 13.6. The normalized spacial score (nSPS) is 11.9. The smallest absolute Gasteiger partial charge is 0.254 e. The van der Waals surface area contributed by atoms with Gasteiger partial charge < -0.3 is 10.2 Å². The van der Waals surface area contributed by atoms with Gasteiger partial charge in [-0.25, -0.2) is 0 Å². The van der Waals surface area contributed by atoms with Crippen molar-refractivity contribution in [3.8, 4) is 6.07 Å². The fourth-order valence-electron chi connectivity index (χ4n) is 3.90. The average molecular weight is 454 g/mol. The van der Waals surface area contributed by atoms with Crippen molar-refractivity contribution in [2.24, 2.45) is 0 Å². The molecule has 0 bridgehead atoms. The minimum Gasteiger partial charge on any atom is -0.341 e. The number of carbonyl (C=O) groups is 1.